The van der Waals surface area contributed by atoms with E-state index >= 15 is 0 Å². The average Bonchev–Trinajstić information content (AvgIpc) is 3.01. The van der Waals surface area contributed by atoms with Gasteiger partial charge in [0, 0.05) is 31.6 Å². The Hall–Kier alpha value is -3.41. The van der Waals surface area contributed by atoms with Crippen molar-refractivity contribution < 1.29 is 14.1 Å². The number of carbonyl (C=O) groups is 2. The number of aromatic nitrogens is 1. The normalized spacial score (nSPS) is 16.4. The van der Waals surface area contributed by atoms with E-state index in [-0.39, 0.29) is 17.7 Å². The molecule has 1 atom stereocenters. The van der Waals surface area contributed by atoms with Crippen molar-refractivity contribution in [2.45, 2.75) is 40.0 Å². The van der Waals surface area contributed by atoms with Gasteiger partial charge in [0.05, 0.1) is 11.6 Å². The molecule has 2 heterocycles. The quantitative estimate of drug-likeness (QED) is 0.622. The molecular formula is C27H31N3O3. The molecule has 172 valence electrons. The maximum absolute atomic E-state index is 12.9. The molecule has 1 aliphatic rings. The molecule has 1 fully saturated rings. The molecule has 6 heteroatoms. The summed E-state index contributed by atoms with van der Waals surface area (Å²) in [7, 11) is 0. The van der Waals surface area contributed by atoms with Crippen LogP contribution in [0, 0.1) is 26.7 Å². The summed E-state index contributed by atoms with van der Waals surface area (Å²) in [5.74, 6) is 0.574. The molecule has 1 saturated heterocycles. The number of aryl methyl sites for hydroxylation is 3. The zero-order valence-corrected chi connectivity index (χ0v) is 19.6. The van der Waals surface area contributed by atoms with Crippen LogP contribution in [-0.2, 0) is 22.4 Å². The monoisotopic (exact) mass is 445 g/mol. The van der Waals surface area contributed by atoms with Gasteiger partial charge in [-0.25, -0.2) is 0 Å². The van der Waals surface area contributed by atoms with Crippen LogP contribution in [0.2, 0.25) is 0 Å². The average molecular weight is 446 g/mol. The van der Waals surface area contributed by atoms with E-state index in [1.54, 1.807) is 0 Å². The van der Waals surface area contributed by atoms with Gasteiger partial charge < -0.3 is 14.7 Å². The van der Waals surface area contributed by atoms with Crippen LogP contribution in [0.4, 0.5) is 0 Å². The van der Waals surface area contributed by atoms with Crippen molar-refractivity contribution in [2.75, 3.05) is 19.6 Å². The molecule has 1 aromatic heterocycles. The second kappa shape index (κ2) is 10.0. The lowest BCUT2D eigenvalue weighted by atomic mass is 9.95. The summed E-state index contributed by atoms with van der Waals surface area (Å²) in [5.41, 5.74) is 6.49. The van der Waals surface area contributed by atoms with Crippen molar-refractivity contribution in [3.63, 3.8) is 0 Å². The third kappa shape index (κ3) is 5.51. The lowest BCUT2D eigenvalue weighted by Crippen LogP contribution is -2.37. The first kappa shape index (κ1) is 22.8. The Morgan fingerprint density at radius 3 is 2.61 bits per heavy atom. The first-order valence-electron chi connectivity index (χ1n) is 11.5. The first-order valence-corrected chi connectivity index (χ1v) is 11.5. The molecule has 4 rings (SSSR count). The third-order valence-corrected chi connectivity index (χ3v) is 6.40. The highest BCUT2D eigenvalue weighted by atomic mass is 16.5. The molecule has 0 bridgehead atoms. The topological polar surface area (TPSA) is 75.4 Å². The molecule has 33 heavy (non-hydrogen) atoms. The second-order valence-corrected chi connectivity index (χ2v) is 8.90. The molecule has 6 nitrogen and oxygen atoms in total. The predicted molar refractivity (Wildman–Crippen MR) is 128 cm³/mol. The number of nitrogens with one attached hydrogen (secondary N) is 1. The molecule has 0 spiro atoms. The van der Waals surface area contributed by atoms with Crippen LogP contribution < -0.4 is 5.32 Å². The van der Waals surface area contributed by atoms with Crippen molar-refractivity contribution >= 4 is 11.8 Å². The predicted octanol–water partition coefficient (Wildman–Crippen LogP) is 4.02. The number of hydrogen-bond donors (Lipinski definition) is 1. The van der Waals surface area contributed by atoms with Gasteiger partial charge in [0.2, 0.25) is 11.8 Å². The van der Waals surface area contributed by atoms with Crippen molar-refractivity contribution in [2.24, 2.45) is 5.92 Å². The fourth-order valence-corrected chi connectivity index (χ4v) is 4.47. The van der Waals surface area contributed by atoms with E-state index in [2.05, 4.69) is 65.9 Å². The van der Waals surface area contributed by atoms with Gasteiger partial charge >= 0.3 is 0 Å². The summed E-state index contributed by atoms with van der Waals surface area (Å²) < 4.78 is 5.20. The number of benzene rings is 2. The van der Waals surface area contributed by atoms with Crippen molar-refractivity contribution in [1.29, 1.82) is 0 Å². The number of carbonyl (C=O) groups excluding carboxylic acids is 2. The second-order valence-electron chi connectivity index (χ2n) is 8.90. The van der Waals surface area contributed by atoms with Crippen LogP contribution in [0.1, 0.15) is 34.6 Å². The highest BCUT2D eigenvalue weighted by Crippen LogP contribution is 2.23. The summed E-state index contributed by atoms with van der Waals surface area (Å²) in [4.78, 5) is 27.4. The summed E-state index contributed by atoms with van der Waals surface area (Å²) in [6.07, 6.45) is 1.59. The Balaban J connectivity index is 1.40. The Morgan fingerprint density at radius 2 is 1.91 bits per heavy atom. The fraction of sp³-hybridized carbons (Fsp3) is 0.370. The van der Waals surface area contributed by atoms with Crippen LogP contribution in [-0.4, -0.2) is 41.5 Å². The largest absolute Gasteiger partial charge is 0.361 e. The SMILES string of the molecule is Cc1cccc(-c2ccc(C[C@@H]3CN(C(=O)CCc4c(C)noc4C)CCNC3=O)cc2)c1. The Kier molecular flexibility index (Phi) is 6.92. The molecule has 3 aromatic rings. The molecule has 0 radical (unpaired) electrons. The van der Waals surface area contributed by atoms with Gasteiger partial charge in [-0.15, -0.1) is 0 Å². The van der Waals surface area contributed by atoms with Gasteiger partial charge in [0.25, 0.3) is 0 Å². The van der Waals surface area contributed by atoms with Crippen molar-refractivity contribution in [3.05, 3.63) is 76.7 Å². The molecule has 0 saturated carbocycles. The number of amides is 2. The third-order valence-electron chi connectivity index (χ3n) is 6.40. The van der Waals surface area contributed by atoms with Crippen LogP contribution in [0.15, 0.2) is 53.1 Å². The summed E-state index contributed by atoms with van der Waals surface area (Å²) >= 11 is 0. The zero-order valence-electron chi connectivity index (χ0n) is 19.6. The van der Waals surface area contributed by atoms with Crippen molar-refractivity contribution in [3.8, 4) is 11.1 Å². The minimum absolute atomic E-state index is 0.0128. The lowest BCUT2D eigenvalue weighted by molar-refractivity contribution is -0.132. The van der Waals surface area contributed by atoms with Gasteiger partial charge in [0.15, 0.2) is 0 Å². The fourth-order valence-electron chi connectivity index (χ4n) is 4.47. The standard InChI is InChI=1S/C27H31N3O3/c1-18-5-4-6-23(15-18)22-9-7-21(8-10-22)16-24-17-30(14-13-28-27(24)32)26(31)12-11-25-19(2)29-33-20(25)3/h4-10,15,24H,11-14,16-17H2,1-3H3,(H,28,32)/t24-/m1/s1. The van der Waals surface area contributed by atoms with Gasteiger partial charge in [-0.2, -0.15) is 0 Å². The Morgan fingerprint density at radius 1 is 1.12 bits per heavy atom. The number of rotatable bonds is 6. The van der Waals surface area contributed by atoms with Gasteiger partial charge in [-0.1, -0.05) is 59.3 Å². The maximum atomic E-state index is 12.9. The number of nitrogens with zero attached hydrogens (tertiary/aromatic N) is 2. The van der Waals surface area contributed by atoms with Crippen LogP contribution in [0.25, 0.3) is 11.1 Å². The molecule has 1 N–H and O–H groups in total. The van der Waals surface area contributed by atoms with E-state index in [1.165, 1.54) is 11.1 Å². The smallest absolute Gasteiger partial charge is 0.225 e. The minimum atomic E-state index is -0.264. The summed E-state index contributed by atoms with van der Waals surface area (Å²) in [6, 6.07) is 16.8. The van der Waals surface area contributed by atoms with E-state index in [1.807, 2.05) is 18.7 Å². The van der Waals surface area contributed by atoms with E-state index in [9.17, 15) is 9.59 Å². The minimum Gasteiger partial charge on any atom is -0.361 e. The summed E-state index contributed by atoms with van der Waals surface area (Å²) in [6.45, 7) is 7.31. The zero-order chi connectivity index (χ0) is 23.4. The Labute approximate surface area is 195 Å². The highest BCUT2D eigenvalue weighted by Gasteiger charge is 2.28. The molecule has 2 amide bonds. The van der Waals surface area contributed by atoms with Crippen LogP contribution >= 0.6 is 0 Å². The molecule has 1 aliphatic heterocycles. The Bertz CT molecular complexity index is 1110. The van der Waals surface area contributed by atoms with E-state index < -0.39 is 0 Å². The van der Waals surface area contributed by atoms with Gasteiger partial charge in [0.1, 0.15) is 5.76 Å². The van der Waals surface area contributed by atoms with Gasteiger partial charge in [-0.3, -0.25) is 9.59 Å². The lowest BCUT2D eigenvalue weighted by Gasteiger charge is -2.23. The maximum Gasteiger partial charge on any atom is 0.225 e. The van der Waals surface area contributed by atoms with Crippen molar-refractivity contribution in [1.82, 2.24) is 15.4 Å². The van der Waals surface area contributed by atoms with E-state index in [4.69, 9.17) is 4.52 Å². The molecule has 0 aliphatic carbocycles. The molecule has 0 unspecified atom stereocenters. The first-order chi connectivity index (χ1) is 15.9. The van der Waals surface area contributed by atoms with Crippen LogP contribution in [0.3, 0.4) is 0 Å². The van der Waals surface area contributed by atoms with E-state index in [0.717, 1.165) is 28.1 Å². The van der Waals surface area contributed by atoms with Gasteiger partial charge in [-0.05, 0) is 50.3 Å². The molecule has 2 aromatic carbocycles. The summed E-state index contributed by atoms with van der Waals surface area (Å²) in [5, 5.41) is 6.94. The van der Waals surface area contributed by atoms with Crippen LogP contribution in [0.5, 0.6) is 0 Å². The molecular weight excluding hydrogens is 414 g/mol. The number of hydrogen-bond acceptors (Lipinski definition) is 4. The van der Waals surface area contributed by atoms with E-state index in [0.29, 0.717) is 38.9 Å². The highest BCUT2D eigenvalue weighted by molar-refractivity contribution is 5.82.